The average Bonchev–Trinajstić information content (AvgIpc) is 2.43. The largest absolute Gasteiger partial charge is 0.393 e. The van der Waals surface area contributed by atoms with Gasteiger partial charge in [-0.2, -0.15) is 0 Å². The number of para-hydroxylation sites is 1. The molecule has 2 atom stereocenters. The number of benzene rings is 1. The number of hydrogen-bond acceptors (Lipinski definition) is 3. The molecule has 1 aromatic heterocycles. The Bertz CT molecular complexity index is 638. The molecule has 4 nitrogen and oxygen atoms in total. The summed E-state index contributed by atoms with van der Waals surface area (Å²) < 4.78 is 0. The number of pyridine rings is 1. The van der Waals surface area contributed by atoms with Crippen molar-refractivity contribution in [3.63, 3.8) is 0 Å². The predicted molar refractivity (Wildman–Crippen MR) is 84.3 cm³/mol. The summed E-state index contributed by atoms with van der Waals surface area (Å²) in [7, 11) is 0. The lowest BCUT2D eigenvalue weighted by molar-refractivity contribution is 0.0941. The van der Waals surface area contributed by atoms with E-state index in [-0.39, 0.29) is 17.9 Å². The van der Waals surface area contributed by atoms with Gasteiger partial charge in [0.25, 0.3) is 5.91 Å². The van der Waals surface area contributed by atoms with Gasteiger partial charge in [-0.05, 0) is 38.3 Å². The Kier molecular flexibility index (Phi) is 4.91. The summed E-state index contributed by atoms with van der Waals surface area (Å²) in [6.45, 7) is 6.22. The zero-order valence-electron chi connectivity index (χ0n) is 12.8. The maximum absolute atomic E-state index is 12.4. The van der Waals surface area contributed by atoms with Crippen molar-refractivity contribution in [3.05, 3.63) is 41.6 Å². The Morgan fingerprint density at radius 2 is 2.05 bits per heavy atom. The fourth-order valence-corrected chi connectivity index (χ4v) is 2.52. The summed E-state index contributed by atoms with van der Waals surface area (Å²) in [5.74, 6) is 0.150. The number of hydrogen-bond donors (Lipinski definition) is 2. The molecule has 0 spiro atoms. The number of carbonyl (C=O) groups excluding carboxylic acids is 1. The van der Waals surface area contributed by atoms with Gasteiger partial charge in [-0.1, -0.05) is 25.1 Å². The van der Waals surface area contributed by atoms with Crippen LogP contribution in [0.15, 0.2) is 30.3 Å². The topological polar surface area (TPSA) is 62.2 Å². The fourth-order valence-electron chi connectivity index (χ4n) is 2.52. The first-order valence-corrected chi connectivity index (χ1v) is 7.30. The summed E-state index contributed by atoms with van der Waals surface area (Å²) >= 11 is 0. The molecule has 2 rings (SSSR count). The van der Waals surface area contributed by atoms with E-state index in [0.29, 0.717) is 18.5 Å². The second-order valence-electron chi connectivity index (χ2n) is 5.73. The highest BCUT2D eigenvalue weighted by atomic mass is 16.3. The van der Waals surface area contributed by atoms with Crippen LogP contribution in [-0.4, -0.2) is 28.6 Å². The SMILES string of the molecule is Cc1cc(C(=O)NC[C@@H](C)C[C@H](C)O)c2ccccc2n1. The molecule has 0 unspecified atom stereocenters. The van der Waals surface area contributed by atoms with Crippen molar-refractivity contribution in [2.75, 3.05) is 6.54 Å². The summed E-state index contributed by atoms with van der Waals surface area (Å²) in [6, 6.07) is 9.47. The number of aryl methyl sites for hydroxylation is 1. The summed E-state index contributed by atoms with van der Waals surface area (Å²) in [6.07, 6.45) is 0.331. The second kappa shape index (κ2) is 6.68. The second-order valence-corrected chi connectivity index (χ2v) is 5.73. The summed E-state index contributed by atoms with van der Waals surface area (Å²) in [5, 5.41) is 13.2. The van der Waals surface area contributed by atoms with E-state index in [1.54, 1.807) is 6.92 Å². The highest BCUT2D eigenvalue weighted by Crippen LogP contribution is 2.18. The molecule has 2 N–H and O–H groups in total. The van der Waals surface area contributed by atoms with E-state index in [2.05, 4.69) is 10.3 Å². The molecular formula is C17H22N2O2. The maximum Gasteiger partial charge on any atom is 0.252 e. The normalized spacial score (nSPS) is 13.9. The Hall–Kier alpha value is -1.94. The lowest BCUT2D eigenvalue weighted by Gasteiger charge is -2.15. The van der Waals surface area contributed by atoms with E-state index >= 15 is 0 Å². The van der Waals surface area contributed by atoms with Crippen LogP contribution in [0, 0.1) is 12.8 Å². The number of aliphatic hydroxyl groups excluding tert-OH is 1. The molecule has 0 aliphatic rings. The van der Waals surface area contributed by atoms with Crippen LogP contribution in [-0.2, 0) is 0 Å². The van der Waals surface area contributed by atoms with Crippen LogP contribution in [0.4, 0.5) is 0 Å². The van der Waals surface area contributed by atoms with Crippen LogP contribution in [0.5, 0.6) is 0 Å². The molecule has 0 fully saturated rings. The number of carbonyl (C=O) groups is 1. The Balaban J connectivity index is 2.16. The van der Waals surface area contributed by atoms with Gasteiger partial charge >= 0.3 is 0 Å². The standard InChI is InChI=1S/C17H22N2O2/c1-11(8-13(3)20)10-18-17(21)15-9-12(2)19-16-7-5-4-6-14(15)16/h4-7,9,11,13,20H,8,10H2,1-3H3,(H,18,21)/t11-,13-/m0/s1. The van der Waals surface area contributed by atoms with Gasteiger partial charge in [0, 0.05) is 17.6 Å². The summed E-state index contributed by atoms with van der Waals surface area (Å²) in [5.41, 5.74) is 2.32. The quantitative estimate of drug-likeness (QED) is 0.888. The van der Waals surface area contributed by atoms with Crippen molar-refractivity contribution in [1.82, 2.24) is 10.3 Å². The number of nitrogens with one attached hydrogen (secondary N) is 1. The van der Waals surface area contributed by atoms with Crippen LogP contribution in [0.2, 0.25) is 0 Å². The Labute approximate surface area is 125 Å². The van der Waals surface area contributed by atoms with Gasteiger partial charge in [0.15, 0.2) is 0 Å². The molecule has 2 aromatic rings. The molecule has 0 bridgehead atoms. The number of aromatic nitrogens is 1. The van der Waals surface area contributed by atoms with Crippen molar-refractivity contribution < 1.29 is 9.90 Å². The molecule has 21 heavy (non-hydrogen) atoms. The molecule has 4 heteroatoms. The highest BCUT2D eigenvalue weighted by molar-refractivity contribution is 6.06. The molecule has 0 radical (unpaired) electrons. The third-order valence-corrected chi connectivity index (χ3v) is 3.44. The molecule has 0 saturated heterocycles. The highest BCUT2D eigenvalue weighted by Gasteiger charge is 2.13. The number of aliphatic hydroxyl groups is 1. The van der Waals surface area contributed by atoms with Crippen LogP contribution in [0.3, 0.4) is 0 Å². The molecule has 0 saturated carbocycles. The summed E-state index contributed by atoms with van der Waals surface area (Å²) in [4.78, 5) is 16.8. The molecule has 1 amide bonds. The predicted octanol–water partition coefficient (Wildman–Crippen LogP) is 2.68. The first-order chi connectivity index (χ1) is 9.97. The van der Waals surface area contributed by atoms with Crippen molar-refractivity contribution in [3.8, 4) is 0 Å². The Morgan fingerprint density at radius 1 is 1.33 bits per heavy atom. The Morgan fingerprint density at radius 3 is 2.76 bits per heavy atom. The average molecular weight is 286 g/mol. The minimum absolute atomic E-state index is 0.0888. The molecule has 1 heterocycles. The lowest BCUT2D eigenvalue weighted by atomic mass is 10.0. The van der Waals surface area contributed by atoms with Crippen LogP contribution < -0.4 is 5.32 Å². The van der Waals surface area contributed by atoms with E-state index < -0.39 is 0 Å². The van der Waals surface area contributed by atoms with Gasteiger partial charge in [0.2, 0.25) is 0 Å². The molecule has 1 aromatic carbocycles. The first-order valence-electron chi connectivity index (χ1n) is 7.30. The molecular weight excluding hydrogens is 264 g/mol. The smallest absolute Gasteiger partial charge is 0.252 e. The third kappa shape index (κ3) is 4.02. The minimum Gasteiger partial charge on any atom is -0.393 e. The van der Waals surface area contributed by atoms with E-state index in [1.807, 2.05) is 44.2 Å². The van der Waals surface area contributed by atoms with E-state index in [4.69, 9.17) is 0 Å². The third-order valence-electron chi connectivity index (χ3n) is 3.44. The minimum atomic E-state index is -0.346. The van der Waals surface area contributed by atoms with Crippen LogP contribution in [0.25, 0.3) is 10.9 Å². The number of amides is 1. The van der Waals surface area contributed by atoms with Crippen molar-refractivity contribution in [1.29, 1.82) is 0 Å². The van der Waals surface area contributed by atoms with E-state index in [0.717, 1.165) is 16.6 Å². The lowest BCUT2D eigenvalue weighted by Crippen LogP contribution is -2.29. The fraction of sp³-hybridized carbons (Fsp3) is 0.412. The monoisotopic (exact) mass is 286 g/mol. The molecule has 0 aliphatic carbocycles. The van der Waals surface area contributed by atoms with Gasteiger partial charge in [-0.3, -0.25) is 9.78 Å². The van der Waals surface area contributed by atoms with Crippen LogP contribution in [0.1, 0.15) is 36.3 Å². The molecule has 0 aliphatic heterocycles. The number of rotatable bonds is 5. The van der Waals surface area contributed by atoms with E-state index in [1.165, 1.54) is 0 Å². The van der Waals surface area contributed by atoms with Gasteiger partial charge in [-0.25, -0.2) is 0 Å². The number of fused-ring (bicyclic) bond motifs is 1. The van der Waals surface area contributed by atoms with Crippen LogP contribution >= 0.6 is 0 Å². The van der Waals surface area contributed by atoms with E-state index in [9.17, 15) is 9.90 Å². The molecule has 112 valence electrons. The maximum atomic E-state index is 12.4. The van der Waals surface area contributed by atoms with Gasteiger partial charge in [0.1, 0.15) is 0 Å². The zero-order valence-corrected chi connectivity index (χ0v) is 12.8. The zero-order chi connectivity index (χ0) is 15.4. The van der Waals surface area contributed by atoms with Crippen molar-refractivity contribution in [2.24, 2.45) is 5.92 Å². The van der Waals surface area contributed by atoms with Gasteiger partial charge in [-0.15, -0.1) is 0 Å². The van der Waals surface area contributed by atoms with Crippen molar-refractivity contribution in [2.45, 2.75) is 33.3 Å². The van der Waals surface area contributed by atoms with Gasteiger partial charge < -0.3 is 10.4 Å². The number of nitrogens with zero attached hydrogens (tertiary/aromatic N) is 1. The van der Waals surface area contributed by atoms with Gasteiger partial charge in [0.05, 0.1) is 17.2 Å². The first kappa shape index (κ1) is 15.4. The van der Waals surface area contributed by atoms with Crippen molar-refractivity contribution >= 4 is 16.8 Å².